The van der Waals surface area contributed by atoms with Crippen LogP contribution in [0.5, 0.6) is 0 Å². The van der Waals surface area contributed by atoms with Gasteiger partial charge in [0.2, 0.25) is 0 Å². The lowest BCUT2D eigenvalue weighted by Crippen LogP contribution is -2.03. The molecule has 0 bridgehead atoms. The molecule has 4 heteroatoms. The van der Waals surface area contributed by atoms with Gasteiger partial charge in [-0.2, -0.15) is 13.2 Å². The number of hydrogen-bond acceptors (Lipinski definition) is 0. The first kappa shape index (κ1) is 10.3. The summed E-state index contributed by atoms with van der Waals surface area (Å²) in [5.74, 6) is 0. The van der Waals surface area contributed by atoms with Crippen molar-refractivity contribution in [2.75, 3.05) is 0 Å². The lowest BCUT2D eigenvalue weighted by Gasteiger charge is -2.05. The van der Waals surface area contributed by atoms with E-state index in [4.69, 9.17) is 0 Å². The predicted molar refractivity (Wildman–Crippen MR) is 49.4 cm³/mol. The van der Waals surface area contributed by atoms with E-state index in [1.54, 1.807) is 11.1 Å². The molecule has 0 atom stereocenters. The van der Waals surface area contributed by atoms with Gasteiger partial charge in [0, 0.05) is 0 Å². The van der Waals surface area contributed by atoms with Crippen LogP contribution in [0, 0.1) is 0 Å². The van der Waals surface area contributed by atoms with E-state index < -0.39 is 11.7 Å². The van der Waals surface area contributed by atoms with Crippen molar-refractivity contribution in [3.63, 3.8) is 0 Å². The molecule has 1 rings (SSSR count). The Morgan fingerprint density at radius 3 is 2.00 bits per heavy atom. The lowest BCUT2D eigenvalue weighted by molar-refractivity contribution is -0.137. The van der Waals surface area contributed by atoms with Crippen molar-refractivity contribution in [2.45, 2.75) is 6.18 Å². The third kappa shape index (κ3) is 2.88. The molecular weight excluding hydrogens is 245 g/mol. The van der Waals surface area contributed by atoms with E-state index in [-0.39, 0.29) is 0 Å². The first-order valence-electron chi connectivity index (χ1n) is 3.48. The molecule has 0 heterocycles. The van der Waals surface area contributed by atoms with Crippen LogP contribution in [0.4, 0.5) is 13.2 Å². The summed E-state index contributed by atoms with van der Waals surface area (Å²) in [6.07, 6.45) is -2.59. The highest BCUT2D eigenvalue weighted by Crippen LogP contribution is 2.29. The molecule has 0 amide bonds. The van der Waals surface area contributed by atoms with Crippen molar-refractivity contribution in [1.82, 2.24) is 0 Å². The average molecular weight is 251 g/mol. The van der Waals surface area contributed by atoms with Crippen LogP contribution in [0.2, 0.25) is 0 Å². The number of halogens is 4. The van der Waals surface area contributed by atoms with E-state index in [1.165, 1.54) is 12.1 Å². The molecule has 0 aliphatic carbocycles. The fraction of sp³-hybridized carbons (Fsp3) is 0.111. The van der Waals surface area contributed by atoms with Crippen LogP contribution in [0.3, 0.4) is 0 Å². The van der Waals surface area contributed by atoms with Crippen molar-refractivity contribution < 1.29 is 13.2 Å². The van der Waals surface area contributed by atoms with E-state index in [9.17, 15) is 13.2 Å². The summed E-state index contributed by atoms with van der Waals surface area (Å²) in [6.45, 7) is 0. The van der Waals surface area contributed by atoms with E-state index in [0.29, 0.717) is 0 Å². The largest absolute Gasteiger partial charge is 0.416 e. The van der Waals surface area contributed by atoms with E-state index in [0.717, 1.165) is 17.7 Å². The van der Waals surface area contributed by atoms with Crippen molar-refractivity contribution in [3.8, 4) is 0 Å². The minimum absolute atomic E-state index is 0.626. The number of alkyl halides is 3. The minimum Gasteiger partial charge on any atom is -0.166 e. The summed E-state index contributed by atoms with van der Waals surface area (Å²) >= 11 is 3.04. The molecule has 0 saturated carbocycles. The zero-order chi connectivity index (χ0) is 9.90. The molecule has 0 unspecified atom stereocenters. The molecule has 1 aromatic carbocycles. The van der Waals surface area contributed by atoms with E-state index in [1.807, 2.05) is 0 Å². The Hall–Kier alpha value is -0.770. The molecule has 0 aliphatic rings. The summed E-state index contributed by atoms with van der Waals surface area (Å²) in [5, 5.41) is 0. The smallest absolute Gasteiger partial charge is 0.166 e. The molecule has 0 nitrogen and oxygen atoms in total. The summed E-state index contributed by atoms with van der Waals surface area (Å²) < 4.78 is 36.2. The van der Waals surface area contributed by atoms with E-state index >= 15 is 0 Å². The molecule has 0 N–H and O–H groups in total. The zero-order valence-electron chi connectivity index (χ0n) is 6.48. The molecule has 0 fully saturated rings. The van der Waals surface area contributed by atoms with Crippen molar-refractivity contribution >= 4 is 22.0 Å². The molecule has 0 spiro atoms. The first-order valence-corrected chi connectivity index (χ1v) is 4.39. The van der Waals surface area contributed by atoms with Crippen LogP contribution in [-0.4, -0.2) is 0 Å². The van der Waals surface area contributed by atoms with Crippen LogP contribution in [-0.2, 0) is 6.18 Å². The maximum atomic E-state index is 12.1. The van der Waals surface area contributed by atoms with Crippen LogP contribution in [0.15, 0.2) is 29.3 Å². The van der Waals surface area contributed by atoms with Gasteiger partial charge in [0.15, 0.2) is 0 Å². The van der Waals surface area contributed by atoms with Gasteiger partial charge in [0.05, 0.1) is 5.56 Å². The Kier molecular flexibility index (Phi) is 3.14. The van der Waals surface area contributed by atoms with Crippen LogP contribution in [0.25, 0.3) is 6.08 Å². The minimum atomic E-state index is -4.25. The van der Waals surface area contributed by atoms with Crippen LogP contribution >= 0.6 is 15.9 Å². The second-order valence-corrected chi connectivity index (χ2v) is 2.94. The van der Waals surface area contributed by atoms with Gasteiger partial charge in [-0.3, -0.25) is 0 Å². The third-order valence-electron chi connectivity index (χ3n) is 1.49. The lowest BCUT2D eigenvalue weighted by atomic mass is 10.1. The highest BCUT2D eigenvalue weighted by Gasteiger charge is 2.29. The highest BCUT2D eigenvalue weighted by molar-refractivity contribution is 9.11. The first-order chi connectivity index (χ1) is 6.04. The summed E-state index contributed by atoms with van der Waals surface area (Å²) in [7, 11) is 0. The molecule has 1 aromatic rings. The summed E-state index contributed by atoms with van der Waals surface area (Å²) in [6, 6.07) is 4.95. The van der Waals surface area contributed by atoms with Gasteiger partial charge in [0.25, 0.3) is 0 Å². The van der Waals surface area contributed by atoms with Gasteiger partial charge in [-0.25, -0.2) is 0 Å². The second-order valence-electron chi connectivity index (χ2n) is 2.41. The number of hydrogen-bond donors (Lipinski definition) is 0. The number of rotatable bonds is 1. The van der Waals surface area contributed by atoms with Crippen molar-refractivity contribution in [3.05, 3.63) is 40.4 Å². The topological polar surface area (TPSA) is 0 Å². The molecule has 0 saturated heterocycles. The van der Waals surface area contributed by atoms with Gasteiger partial charge in [0.1, 0.15) is 0 Å². The molecule has 0 aromatic heterocycles. The molecule has 0 radical (unpaired) electrons. The Bertz CT molecular complexity index is 298. The molecule has 0 aliphatic heterocycles. The van der Waals surface area contributed by atoms with Crippen LogP contribution in [0.1, 0.15) is 11.1 Å². The Morgan fingerprint density at radius 1 is 1.08 bits per heavy atom. The van der Waals surface area contributed by atoms with Gasteiger partial charge in [-0.05, 0) is 28.8 Å². The quantitative estimate of drug-likeness (QED) is 0.705. The third-order valence-corrected chi connectivity index (χ3v) is 1.76. The Balaban J connectivity index is 2.94. The normalized spacial score (nSPS) is 12.3. The maximum absolute atomic E-state index is 12.1. The molecule has 13 heavy (non-hydrogen) atoms. The monoisotopic (exact) mass is 250 g/mol. The van der Waals surface area contributed by atoms with Crippen molar-refractivity contribution in [2.24, 2.45) is 0 Å². The summed E-state index contributed by atoms with van der Waals surface area (Å²) in [5.41, 5.74) is 0.101. The fourth-order valence-electron chi connectivity index (χ4n) is 0.856. The fourth-order valence-corrected chi connectivity index (χ4v) is 1.16. The SMILES string of the molecule is FC(F)(F)c1ccc(/C=C/Br)cc1. The van der Waals surface area contributed by atoms with Gasteiger partial charge >= 0.3 is 6.18 Å². The Morgan fingerprint density at radius 2 is 1.62 bits per heavy atom. The highest BCUT2D eigenvalue weighted by atomic mass is 79.9. The molecular formula is C9H6BrF3. The standard InChI is InChI=1S/C9H6BrF3/c10-6-5-7-1-3-8(4-2-7)9(11,12)13/h1-6H/b6-5+. The maximum Gasteiger partial charge on any atom is 0.416 e. The van der Waals surface area contributed by atoms with Gasteiger partial charge in [-0.15, -0.1) is 0 Å². The Labute approximate surface area is 82.2 Å². The number of benzene rings is 1. The summed E-state index contributed by atoms with van der Waals surface area (Å²) in [4.78, 5) is 1.59. The van der Waals surface area contributed by atoms with E-state index in [2.05, 4.69) is 15.9 Å². The predicted octanol–water partition coefficient (Wildman–Crippen LogP) is 4.07. The zero-order valence-corrected chi connectivity index (χ0v) is 8.06. The second kappa shape index (κ2) is 3.96. The van der Waals surface area contributed by atoms with Crippen molar-refractivity contribution in [1.29, 1.82) is 0 Å². The van der Waals surface area contributed by atoms with Gasteiger partial charge < -0.3 is 0 Å². The average Bonchev–Trinajstić information content (AvgIpc) is 2.04. The van der Waals surface area contributed by atoms with Gasteiger partial charge in [-0.1, -0.05) is 28.1 Å². The molecule has 70 valence electrons. The van der Waals surface area contributed by atoms with Crippen LogP contribution < -0.4 is 0 Å².